The number of carbonyl (C=O) groups excluding carboxylic acids is 2. The third-order valence-corrected chi connectivity index (χ3v) is 4.28. The fourth-order valence-electron chi connectivity index (χ4n) is 3.02. The van der Waals surface area contributed by atoms with Gasteiger partial charge in [0.25, 0.3) is 0 Å². The van der Waals surface area contributed by atoms with Gasteiger partial charge in [0.2, 0.25) is 11.8 Å². The second kappa shape index (κ2) is 8.56. The summed E-state index contributed by atoms with van der Waals surface area (Å²) in [6.45, 7) is 4.12. The molecule has 7 heteroatoms. The van der Waals surface area contributed by atoms with Crippen LogP contribution < -0.4 is 10.6 Å². The van der Waals surface area contributed by atoms with E-state index in [1.165, 1.54) is 0 Å². The standard InChI is InChI=1S/C14H25N3O3.ClH/c1-20-11-14(4-6-15-7-5-14)10-16-12(18)9-17-8-2-3-13(17)19;/h15H,2-11H2,1H3,(H,16,18);1H. The molecule has 2 N–H and O–H groups in total. The minimum absolute atomic E-state index is 0. The van der Waals surface area contributed by atoms with Crippen molar-refractivity contribution in [1.82, 2.24) is 15.5 Å². The van der Waals surface area contributed by atoms with Crippen LogP contribution in [0.2, 0.25) is 0 Å². The average molecular weight is 320 g/mol. The molecule has 2 fully saturated rings. The summed E-state index contributed by atoms with van der Waals surface area (Å²) in [5.41, 5.74) is 0.0324. The third-order valence-electron chi connectivity index (χ3n) is 4.28. The van der Waals surface area contributed by atoms with Crippen LogP contribution in [0, 0.1) is 5.41 Å². The van der Waals surface area contributed by atoms with Crippen molar-refractivity contribution in [3.63, 3.8) is 0 Å². The van der Waals surface area contributed by atoms with E-state index in [4.69, 9.17) is 4.74 Å². The Bertz CT molecular complexity index is 354. The van der Waals surface area contributed by atoms with Crippen molar-refractivity contribution in [3.05, 3.63) is 0 Å². The molecule has 2 rings (SSSR count). The van der Waals surface area contributed by atoms with Gasteiger partial charge in [0.1, 0.15) is 0 Å². The van der Waals surface area contributed by atoms with Gasteiger partial charge in [-0.25, -0.2) is 0 Å². The molecular formula is C14H26ClN3O3. The van der Waals surface area contributed by atoms with E-state index in [2.05, 4.69) is 10.6 Å². The van der Waals surface area contributed by atoms with Crippen LogP contribution in [0.5, 0.6) is 0 Å². The minimum atomic E-state index is -0.0609. The van der Waals surface area contributed by atoms with Crippen molar-refractivity contribution in [2.75, 3.05) is 46.4 Å². The van der Waals surface area contributed by atoms with E-state index in [1.807, 2.05) is 0 Å². The van der Waals surface area contributed by atoms with Gasteiger partial charge in [0, 0.05) is 32.0 Å². The second-order valence-electron chi connectivity index (χ2n) is 5.88. The molecule has 0 atom stereocenters. The average Bonchev–Trinajstić information content (AvgIpc) is 2.84. The molecule has 0 aromatic rings. The number of halogens is 1. The van der Waals surface area contributed by atoms with Gasteiger partial charge in [-0.05, 0) is 32.4 Å². The number of nitrogens with zero attached hydrogens (tertiary/aromatic N) is 1. The molecule has 2 amide bonds. The fourth-order valence-corrected chi connectivity index (χ4v) is 3.02. The van der Waals surface area contributed by atoms with Gasteiger partial charge in [-0.15, -0.1) is 12.4 Å². The van der Waals surface area contributed by atoms with Gasteiger partial charge in [-0.2, -0.15) is 0 Å². The quantitative estimate of drug-likeness (QED) is 0.732. The number of carbonyl (C=O) groups is 2. The van der Waals surface area contributed by atoms with Crippen molar-refractivity contribution in [3.8, 4) is 0 Å². The SMILES string of the molecule is COCC1(CNC(=O)CN2CCCC2=O)CCNCC1.Cl. The maximum Gasteiger partial charge on any atom is 0.239 e. The third kappa shape index (κ3) is 5.13. The molecule has 0 radical (unpaired) electrons. The van der Waals surface area contributed by atoms with Crippen LogP contribution in [0.25, 0.3) is 0 Å². The molecule has 2 aliphatic heterocycles. The molecule has 2 aliphatic rings. The number of hydrogen-bond acceptors (Lipinski definition) is 4. The van der Waals surface area contributed by atoms with E-state index in [1.54, 1.807) is 12.0 Å². The van der Waals surface area contributed by atoms with Gasteiger partial charge in [0.15, 0.2) is 0 Å². The lowest BCUT2D eigenvalue weighted by Gasteiger charge is -2.37. The number of amides is 2. The van der Waals surface area contributed by atoms with Gasteiger partial charge < -0.3 is 20.3 Å². The van der Waals surface area contributed by atoms with Crippen molar-refractivity contribution in [1.29, 1.82) is 0 Å². The summed E-state index contributed by atoms with van der Waals surface area (Å²) in [5, 5.41) is 6.31. The summed E-state index contributed by atoms with van der Waals surface area (Å²) >= 11 is 0. The number of likely N-dealkylation sites (tertiary alicyclic amines) is 1. The molecule has 2 saturated heterocycles. The molecule has 0 bridgehead atoms. The summed E-state index contributed by atoms with van der Waals surface area (Å²) in [5.74, 6) is 0.0304. The first-order chi connectivity index (χ1) is 9.65. The predicted octanol–water partition coefficient (Wildman–Crippen LogP) is 0.163. The highest BCUT2D eigenvalue weighted by Crippen LogP contribution is 2.28. The highest BCUT2D eigenvalue weighted by molar-refractivity contribution is 5.86. The van der Waals surface area contributed by atoms with Gasteiger partial charge in [0.05, 0.1) is 13.2 Å². The number of methoxy groups -OCH3 is 1. The first-order valence-electron chi connectivity index (χ1n) is 7.39. The monoisotopic (exact) mass is 319 g/mol. The first-order valence-corrected chi connectivity index (χ1v) is 7.39. The normalized spacial score (nSPS) is 21.0. The van der Waals surface area contributed by atoms with Gasteiger partial charge in [-0.3, -0.25) is 9.59 Å². The summed E-state index contributed by atoms with van der Waals surface area (Å²) < 4.78 is 5.32. The first kappa shape index (κ1) is 18.2. The zero-order valence-corrected chi connectivity index (χ0v) is 13.5. The number of piperidine rings is 1. The number of ether oxygens (including phenoxy) is 1. The topological polar surface area (TPSA) is 70.7 Å². The smallest absolute Gasteiger partial charge is 0.239 e. The Hall–Kier alpha value is -0.850. The Kier molecular flexibility index (Phi) is 7.42. The lowest BCUT2D eigenvalue weighted by Crippen LogP contribution is -2.48. The molecule has 21 heavy (non-hydrogen) atoms. The Labute approximate surface area is 132 Å². The molecule has 0 aromatic carbocycles. The van der Waals surface area contributed by atoms with Crippen LogP contribution in [-0.2, 0) is 14.3 Å². The second-order valence-corrected chi connectivity index (χ2v) is 5.88. The Morgan fingerprint density at radius 2 is 2.14 bits per heavy atom. The van der Waals surface area contributed by atoms with E-state index < -0.39 is 0 Å². The highest BCUT2D eigenvalue weighted by Gasteiger charge is 2.33. The van der Waals surface area contributed by atoms with E-state index in [-0.39, 0.29) is 36.2 Å². The Balaban J connectivity index is 0.00000220. The maximum absolute atomic E-state index is 12.0. The van der Waals surface area contributed by atoms with Crippen molar-refractivity contribution in [2.24, 2.45) is 5.41 Å². The van der Waals surface area contributed by atoms with Crippen molar-refractivity contribution >= 4 is 24.2 Å². The summed E-state index contributed by atoms with van der Waals surface area (Å²) in [6, 6.07) is 0. The molecule has 2 heterocycles. The maximum atomic E-state index is 12.0. The van der Waals surface area contributed by atoms with Crippen LogP contribution in [0.3, 0.4) is 0 Å². The van der Waals surface area contributed by atoms with Gasteiger partial charge >= 0.3 is 0 Å². The Morgan fingerprint density at radius 3 is 2.71 bits per heavy atom. The van der Waals surface area contributed by atoms with Crippen molar-refractivity contribution < 1.29 is 14.3 Å². The fraction of sp³-hybridized carbons (Fsp3) is 0.857. The largest absolute Gasteiger partial charge is 0.384 e. The zero-order valence-electron chi connectivity index (χ0n) is 12.7. The predicted molar refractivity (Wildman–Crippen MR) is 82.5 cm³/mol. The zero-order chi connectivity index (χ0) is 14.4. The Morgan fingerprint density at radius 1 is 1.43 bits per heavy atom. The highest BCUT2D eigenvalue weighted by atomic mass is 35.5. The van der Waals surface area contributed by atoms with Crippen LogP contribution in [0.15, 0.2) is 0 Å². The number of nitrogens with one attached hydrogen (secondary N) is 2. The van der Waals surface area contributed by atoms with Gasteiger partial charge in [-0.1, -0.05) is 0 Å². The summed E-state index contributed by atoms with van der Waals surface area (Å²) in [7, 11) is 1.70. The molecule has 6 nitrogen and oxygen atoms in total. The van der Waals surface area contributed by atoms with Crippen LogP contribution in [0.4, 0.5) is 0 Å². The van der Waals surface area contributed by atoms with E-state index in [0.29, 0.717) is 26.1 Å². The summed E-state index contributed by atoms with van der Waals surface area (Å²) in [6.07, 6.45) is 3.45. The lowest BCUT2D eigenvalue weighted by molar-refractivity contribution is -0.133. The molecule has 0 unspecified atom stereocenters. The molecular weight excluding hydrogens is 294 g/mol. The molecule has 0 spiro atoms. The van der Waals surface area contributed by atoms with E-state index in [0.717, 1.165) is 32.4 Å². The number of rotatable bonds is 6. The van der Waals surface area contributed by atoms with Crippen LogP contribution in [-0.4, -0.2) is 63.2 Å². The molecule has 0 aliphatic carbocycles. The van der Waals surface area contributed by atoms with Crippen molar-refractivity contribution in [2.45, 2.75) is 25.7 Å². The molecule has 0 aromatic heterocycles. The van der Waals surface area contributed by atoms with Crippen LogP contribution >= 0.6 is 12.4 Å². The number of hydrogen-bond donors (Lipinski definition) is 2. The van der Waals surface area contributed by atoms with Crippen LogP contribution in [0.1, 0.15) is 25.7 Å². The minimum Gasteiger partial charge on any atom is -0.384 e. The van der Waals surface area contributed by atoms with E-state index >= 15 is 0 Å². The summed E-state index contributed by atoms with van der Waals surface area (Å²) in [4.78, 5) is 25.1. The lowest BCUT2D eigenvalue weighted by atomic mass is 9.79. The van der Waals surface area contributed by atoms with E-state index in [9.17, 15) is 9.59 Å². The molecule has 0 saturated carbocycles. The molecule has 122 valence electrons.